The molecular weight excluding hydrogens is 470 g/mol. The number of nitrogens with one attached hydrogen (secondary N) is 2. The zero-order valence-corrected chi connectivity index (χ0v) is 22.0. The number of anilines is 2. The molecule has 2 unspecified atom stereocenters. The maximum atomic E-state index is 11.9. The Balaban J connectivity index is 1.50. The van der Waals surface area contributed by atoms with E-state index in [-0.39, 0.29) is 12.1 Å². The molecule has 1 fully saturated rings. The first kappa shape index (κ1) is 25.2. The topological polar surface area (TPSA) is 106 Å². The molecule has 196 valence electrons. The number of urea groups is 1. The number of hydrogen-bond donors (Lipinski definition) is 2. The smallest absolute Gasteiger partial charge is 0.319 e. The molecule has 2 amide bonds. The molecule has 2 atom stereocenters. The SMILES string of the molecule is CCNC(=O)Nc1ccc(-c2nc(N3CCOCC3C)c3c(n2)C(C)(CCn2ccnc2C)OC3)cc1. The fraction of sp³-hybridized carbons (Fsp3) is 0.481. The van der Waals surface area contributed by atoms with Gasteiger partial charge in [-0.25, -0.2) is 19.7 Å². The summed E-state index contributed by atoms with van der Waals surface area (Å²) < 4.78 is 14.3. The number of benzene rings is 1. The summed E-state index contributed by atoms with van der Waals surface area (Å²) in [5.41, 5.74) is 3.03. The van der Waals surface area contributed by atoms with Crippen molar-refractivity contribution >= 4 is 17.5 Å². The second kappa shape index (κ2) is 10.5. The Hall–Kier alpha value is -3.50. The maximum absolute atomic E-state index is 11.9. The zero-order chi connectivity index (χ0) is 26.0. The van der Waals surface area contributed by atoms with Crippen LogP contribution < -0.4 is 15.5 Å². The molecule has 1 saturated heterocycles. The molecule has 2 aliphatic rings. The van der Waals surface area contributed by atoms with Gasteiger partial charge in [0.05, 0.1) is 31.6 Å². The first-order chi connectivity index (χ1) is 17.9. The van der Waals surface area contributed by atoms with Crippen molar-refractivity contribution in [3.8, 4) is 11.4 Å². The number of carbonyl (C=O) groups excluding carboxylic acids is 1. The molecule has 0 spiro atoms. The van der Waals surface area contributed by atoms with Crippen LogP contribution in [0.4, 0.5) is 16.3 Å². The van der Waals surface area contributed by atoms with E-state index in [0.29, 0.717) is 37.9 Å². The summed E-state index contributed by atoms with van der Waals surface area (Å²) in [4.78, 5) is 28.7. The minimum Gasteiger partial charge on any atom is -0.377 e. The Kier molecular flexibility index (Phi) is 7.12. The Labute approximate surface area is 217 Å². The number of rotatable bonds is 7. The number of ether oxygens (including phenoxy) is 2. The van der Waals surface area contributed by atoms with Gasteiger partial charge in [-0.1, -0.05) is 0 Å². The number of amides is 2. The van der Waals surface area contributed by atoms with Crippen molar-refractivity contribution in [1.29, 1.82) is 0 Å². The minimum atomic E-state index is -0.548. The van der Waals surface area contributed by atoms with Crippen molar-refractivity contribution in [3.63, 3.8) is 0 Å². The Bertz CT molecular complexity index is 1260. The lowest BCUT2D eigenvalue weighted by molar-refractivity contribution is -0.0346. The molecule has 0 radical (unpaired) electrons. The largest absolute Gasteiger partial charge is 0.377 e. The van der Waals surface area contributed by atoms with Gasteiger partial charge in [-0.15, -0.1) is 0 Å². The van der Waals surface area contributed by atoms with Gasteiger partial charge in [-0.2, -0.15) is 0 Å². The molecule has 37 heavy (non-hydrogen) atoms. The molecule has 10 heteroatoms. The van der Waals surface area contributed by atoms with Crippen LogP contribution in [0, 0.1) is 6.92 Å². The highest BCUT2D eigenvalue weighted by atomic mass is 16.5. The van der Waals surface area contributed by atoms with E-state index in [1.807, 2.05) is 50.5 Å². The van der Waals surface area contributed by atoms with Gasteiger partial charge in [0.25, 0.3) is 0 Å². The number of nitrogens with zero attached hydrogens (tertiary/aromatic N) is 5. The number of aromatic nitrogens is 4. The molecule has 5 rings (SSSR count). The molecule has 2 aliphatic heterocycles. The quantitative estimate of drug-likeness (QED) is 0.502. The lowest BCUT2D eigenvalue weighted by atomic mass is 9.95. The highest BCUT2D eigenvalue weighted by molar-refractivity contribution is 5.89. The lowest BCUT2D eigenvalue weighted by Crippen LogP contribution is -2.44. The molecule has 2 aromatic heterocycles. The summed E-state index contributed by atoms with van der Waals surface area (Å²) in [6.45, 7) is 12.1. The van der Waals surface area contributed by atoms with Gasteiger partial charge in [0.2, 0.25) is 0 Å². The van der Waals surface area contributed by atoms with E-state index < -0.39 is 5.60 Å². The Morgan fingerprint density at radius 1 is 1.24 bits per heavy atom. The third-order valence-corrected chi connectivity index (χ3v) is 7.15. The van der Waals surface area contributed by atoms with E-state index >= 15 is 0 Å². The van der Waals surface area contributed by atoms with Crippen LogP contribution in [0.15, 0.2) is 36.7 Å². The summed E-state index contributed by atoms with van der Waals surface area (Å²) in [5.74, 6) is 2.55. The van der Waals surface area contributed by atoms with Crippen molar-refractivity contribution in [2.45, 2.75) is 58.9 Å². The van der Waals surface area contributed by atoms with Crippen LogP contribution in [0.1, 0.15) is 44.3 Å². The van der Waals surface area contributed by atoms with Crippen molar-refractivity contribution in [1.82, 2.24) is 24.8 Å². The maximum Gasteiger partial charge on any atom is 0.319 e. The fourth-order valence-electron chi connectivity index (χ4n) is 4.95. The Morgan fingerprint density at radius 2 is 2.05 bits per heavy atom. The summed E-state index contributed by atoms with van der Waals surface area (Å²) in [7, 11) is 0. The second-order valence-electron chi connectivity index (χ2n) is 9.81. The first-order valence-corrected chi connectivity index (χ1v) is 12.9. The number of fused-ring (bicyclic) bond motifs is 1. The van der Waals surface area contributed by atoms with Crippen molar-refractivity contribution in [2.24, 2.45) is 0 Å². The van der Waals surface area contributed by atoms with E-state index in [4.69, 9.17) is 19.4 Å². The van der Waals surface area contributed by atoms with Crippen molar-refractivity contribution in [3.05, 3.63) is 53.7 Å². The van der Waals surface area contributed by atoms with Crippen LogP contribution in [-0.4, -0.2) is 57.9 Å². The molecule has 0 saturated carbocycles. The minimum absolute atomic E-state index is 0.199. The molecule has 1 aromatic carbocycles. The van der Waals surface area contributed by atoms with Gasteiger partial charge in [0.1, 0.15) is 17.2 Å². The third kappa shape index (κ3) is 5.17. The summed E-state index contributed by atoms with van der Waals surface area (Å²) >= 11 is 0. The molecule has 0 bridgehead atoms. The van der Waals surface area contributed by atoms with Gasteiger partial charge in [-0.05, 0) is 58.4 Å². The van der Waals surface area contributed by atoms with Crippen LogP contribution >= 0.6 is 0 Å². The zero-order valence-electron chi connectivity index (χ0n) is 22.0. The van der Waals surface area contributed by atoms with Crippen LogP contribution in [0.2, 0.25) is 0 Å². The van der Waals surface area contributed by atoms with Gasteiger partial charge < -0.3 is 29.6 Å². The van der Waals surface area contributed by atoms with Gasteiger partial charge >= 0.3 is 6.03 Å². The van der Waals surface area contributed by atoms with Crippen LogP contribution in [-0.2, 0) is 28.2 Å². The van der Waals surface area contributed by atoms with E-state index in [0.717, 1.165) is 48.0 Å². The first-order valence-electron chi connectivity index (χ1n) is 12.9. The standard InChI is InChI=1S/C27H35N7O3/c1-5-28-26(35)30-21-8-6-20(7-9-21)24-31-23-22(25(32-24)34-14-15-36-16-18(34)2)17-37-27(23,4)10-12-33-13-11-29-19(33)3/h6-9,11,13,18H,5,10,12,14-17H2,1-4H3,(H2,28,30,35). The number of morpholine rings is 1. The predicted molar refractivity (Wildman–Crippen MR) is 142 cm³/mol. The van der Waals surface area contributed by atoms with E-state index in [2.05, 4.69) is 38.9 Å². The number of aryl methyl sites for hydroxylation is 2. The monoisotopic (exact) mass is 505 g/mol. The summed E-state index contributed by atoms with van der Waals surface area (Å²) in [5, 5.41) is 5.58. The van der Waals surface area contributed by atoms with E-state index in [1.165, 1.54) is 0 Å². The average molecular weight is 506 g/mol. The van der Waals surface area contributed by atoms with Gasteiger partial charge in [0, 0.05) is 48.8 Å². The highest BCUT2D eigenvalue weighted by Gasteiger charge is 2.41. The number of hydrogen-bond acceptors (Lipinski definition) is 7. The van der Waals surface area contributed by atoms with E-state index in [9.17, 15) is 4.79 Å². The molecular formula is C27H35N7O3. The number of imidazole rings is 1. The average Bonchev–Trinajstić information content (AvgIpc) is 3.46. The lowest BCUT2D eigenvalue weighted by Gasteiger charge is -2.35. The molecule has 10 nitrogen and oxygen atoms in total. The van der Waals surface area contributed by atoms with Gasteiger partial charge in [-0.3, -0.25) is 0 Å². The number of carbonyl (C=O) groups is 1. The van der Waals surface area contributed by atoms with Crippen molar-refractivity contribution in [2.75, 3.05) is 36.5 Å². The highest BCUT2D eigenvalue weighted by Crippen LogP contribution is 2.43. The molecule has 3 aromatic rings. The van der Waals surface area contributed by atoms with Crippen molar-refractivity contribution < 1.29 is 14.3 Å². The van der Waals surface area contributed by atoms with E-state index in [1.54, 1.807) is 0 Å². The second-order valence-corrected chi connectivity index (χ2v) is 9.81. The third-order valence-electron chi connectivity index (χ3n) is 7.15. The summed E-state index contributed by atoms with van der Waals surface area (Å²) in [6, 6.07) is 7.60. The predicted octanol–water partition coefficient (Wildman–Crippen LogP) is 3.85. The summed E-state index contributed by atoms with van der Waals surface area (Å²) in [6.07, 6.45) is 4.59. The van der Waals surface area contributed by atoms with Crippen LogP contribution in [0.25, 0.3) is 11.4 Å². The van der Waals surface area contributed by atoms with Crippen LogP contribution in [0.5, 0.6) is 0 Å². The Morgan fingerprint density at radius 3 is 2.76 bits per heavy atom. The normalized spacial score (nSPS) is 21.1. The molecule has 2 N–H and O–H groups in total. The fourth-order valence-corrected chi connectivity index (χ4v) is 4.95. The molecule has 0 aliphatic carbocycles. The van der Waals surface area contributed by atoms with Gasteiger partial charge in [0.15, 0.2) is 5.82 Å². The molecule has 4 heterocycles. The van der Waals surface area contributed by atoms with Crippen LogP contribution in [0.3, 0.4) is 0 Å².